The van der Waals surface area contributed by atoms with Gasteiger partial charge in [-0.05, 0) is 48.6 Å². The number of halogens is 1. The highest BCUT2D eigenvalue weighted by Crippen LogP contribution is 2.45. The Hall–Kier alpha value is -3.99. The van der Waals surface area contributed by atoms with Gasteiger partial charge in [0.05, 0.1) is 23.7 Å². The minimum Gasteiger partial charge on any atom is -0.330 e. The molecule has 0 radical (unpaired) electrons. The molecule has 2 aliphatic rings. The summed E-state index contributed by atoms with van der Waals surface area (Å²) in [5, 5.41) is 18.8. The van der Waals surface area contributed by atoms with Gasteiger partial charge in [0, 0.05) is 29.6 Å². The Bertz CT molecular complexity index is 1230. The zero-order valence-electron chi connectivity index (χ0n) is 17.1. The van der Waals surface area contributed by atoms with Crippen molar-refractivity contribution in [2.24, 2.45) is 5.92 Å². The second-order valence-corrected chi connectivity index (χ2v) is 8.24. The van der Waals surface area contributed by atoms with Crippen LogP contribution in [0.5, 0.6) is 0 Å². The van der Waals surface area contributed by atoms with Crippen LogP contribution < -0.4 is 5.32 Å². The summed E-state index contributed by atoms with van der Waals surface area (Å²) in [6, 6.07) is 12.3. The lowest BCUT2D eigenvalue weighted by atomic mass is 9.79. The van der Waals surface area contributed by atoms with Crippen LogP contribution >= 0.6 is 0 Å². The molecule has 7 nitrogen and oxygen atoms in total. The molecule has 2 aromatic carbocycles. The molecule has 1 aliphatic carbocycles. The molecule has 3 aromatic rings. The van der Waals surface area contributed by atoms with Crippen LogP contribution in [-0.4, -0.2) is 33.5 Å². The van der Waals surface area contributed by atoms with Crippen LogP contribution in [-0.2, 0) is 4.79 Å². The van der Waals surface area contributed by atoms with Crippen molar-refractivity contribution < 1.29 is 14.0 Å². The van der Waals surface area contributed by atoms with Gasteiger partial charge in [-0.25, -0.2) is 4.39 Å². The molecule has 1 aliphatic heterocycles. The van der Waals surface area contributed by atoms with Crippen LogP contribution in [0.4, 0.5) is 10.1 Å². The number of rotatable bonds is 5. The Labute approximate surface area is 183 Å². The second kappa shape index (κ2) is 7.93. The number of hydrogen-bond acceptors (Lipinski definition) is 4. The van der Waals surface area contributed by atoms with E-state index in [4.69, 9.17) is 5.26 Å². The van der Waals surface area contributed by atoms with Crippen LogP contribution in [0.2, 0.25) is 0 Å². The highest BCUT2D eigenvalue weighted by Gasteiger charge is 2.45. The predicted octanol–water partition coefficient (Wildman–Crippen LogP) is 3.75. The first-order valence-corrected chi connectivity index (χ1v) is 10.5. The number of fused-ring (bicyclic) bond motifs is 1. The van der Waals surface area contributed by atoms with Crippen LogP contribution in [0.15, 0.2) is 54.9 Å². The molecule has 0 unspecified atom stereocenters. The second-order valence-electron chi connectivity index (χ2n) is 8.24. The SMILES string of the molecule is N#Cc1cc(NC(=O)[C@H]2c3ccccc3C(=O)N(CC3CC3)[C@@H]2c2cn[nH]c2)ccc1F. The molecular weight excluding hydrogens is 409 g/mol. The van der Waals surface area contributed by atoms with Crippen LogP contribution in [0, 0.1) is 23.1 Å². The van der Waals surface area contributed by atoms with Crippen molar-refractivity contribution >= 4 is 17.5 Å². The van der Waals surface area contributed by atoms with Gasteiger partial charge < -0.3 is 10.2 Å². The maximum absolute atomic E-state index is 13.7. The Morgan fingerprint density at radius 2 is 2.09 bits per heavy atom. The maximum Gasteiger partial charge on any atom is 0.254 e. The summed E-state index contributed by atoms with van der Waals surface area (Å²) in [6.07, 6.45) is 5.47. The largest absolute Gasteiger partial charge is 0.330 e. The Morgan fingerprint density at radius 1 is 1.28 bits per heavy atom. The molecular formula is C24H20FN5O2. The standard InChI is InChI=1S/C24H20FN5O2/c25-20-8-7-17(9-15(20)10-26)29-23(31)21-18-3-1-2-4-19(18)24(32)30(13-14-5-6-14)22(21)16-11-27-28-12-16/h1-4,7-9,11-12,14,21-22H,5-6,13H2,(H,27,28)(H,29,31)/t21-,22+/m0/s1. The molecule has 1 fully saturated rings. The first kappa shape index (κ1) is 19.9. The van der Waals surface area contributed by atoms with Crippen LogP contribution in [0.25, 0.3) is 0 Å². The van der Waals surface area contributed by atoms with Gasteiger partial charge in [-0.1, -0.05) is 18.2 Å². The molecule has 32 heavy (non-hydrogen) atoms. The number of nitriles is 1. The number of aromatic amines is 1. The average molecular weight is 429 g/mol. The normalized spacial score (nSPS) is 19.9. The molecule has 2 N–H and O–H groups in total. The summed E-state index contributed by atoms with van der Waals surface area (Å²) < 4.78 is 13.7. The van der Waals surface area contributed by atoms with Crippen molar-refractivity contribution in [1.82, 2.24) is 15.1 Å². The van der Waals surface area contributed by atoms with E-state index in [0.717, 1.165) is 24.5 Å². The number of hydrogen-bond donors (Lipinski definition) is 2. The van der Waals surface area contributed by atoms with E-state index in [2.05, 4.69) is 15.5 Å². The fourth-order valence-electron chi connectivity index (χ4n) is 4.36. The highest BCUT2D eigenvalue weighted by molar-refractivity contribution is 6.04. The van der Waals surface area contributed by atoms with E-state index in [1.807, 2.05) is 0 Å². The lowest BCUT2D eigenvalue weighted by Crippen LogP contribution is -2.46. The number of benzene rings is 2. The van der Waals surface area contributed by atoms with Crippen molar-refractivity contribution in [3.63, 3.8) is 0 Å². The first-order valence-electron chi connectivity index (χ1n) is 10.5. The van der Waals surface area contributed by atoms with Gasteiger partial charge in [-0.2, -0.15) is 10.4 Å². The Kier molecular flexibility index (Phi) is 4.94. The van der Waals surface area contributed by atoms with E-state index >= 15 is 0 Å². The van der Waals surface area contributed by atoms with Crippen molar-refractivity contribution in [1.29, 1.82) is 5.26 Å². The summed E-state index contributed by atoms with van der Waals surface area (Å²) in [7, 11) is 0. The average Bonchev–Trinajstić information content (AvgIpc) is 3.46. The van der Waals surface area contributed by atoms with Crippen molar-refractivity contribution in [2.45, 2.75) is 24.8 Å². The van der Waals surface area contributed by atoms with Gasteiger partial charge in [0.1, 0.15) is 11.9 Å². The lowest BCUT2D eigenvalue weighted by molar-refractivity contribution is -0.119. The van der Waals surface area contributed by atoms with Gasteiger partial charge in [-0.3, -0.25) is 14.7 Å². The number of nitrogens with one attached hydrogen (secondary N) is 2. The number of carbonyl (C=O) groups excluding carboxylic acids is 2. The third-order valence-electron chi connectivity index (χ3n) is 6.09. The summed E-state index contributed by atoms with van der Waals surface area (Å²) in [5.41, 5.74) is 2.05. The third-order valence-corrected chi connectivity index (χ3v) is 6.09. The molecule has 8 heteroatoms. The van der Waals surface area contributed by atoms with Gasteiger partial charge in [0.15, 0.2) is 0 Å². The molecule has 0 saturated heterocycles. The Balaban J connectivity index is 1.58. The molecule has 2 heterocycles. The number of aromatic nitrogens is 2. The summed E-state index contributed by atoms with van der Waals surface area (Å²) in [4.78, 5) is 28.8. The molecule has 0 spiro atoms. The number of anilines is 1. The number of carbonyl (C=O) groups is 2. The topological polar surface area (TPSA) is 102 Å². The minimum absolute atomic E-state index is 0.101. The fraction of sp³-hybridized carbons (Fsp3) is 0.250. The van der Waals surface area contributed by atoms with Gasteiger partial charge in [-0.15, -0.1) is 0 Å². The molecule has 160 valence electrons. The quantitative estimate of drug-likeness (QED) is 0.645. The number of amides is 2. The fourth-order valence-corrected chi connectivity index (χ4v) is 4.36. The van der Waals surface area contributed by atoms with E-state index in [1.54, 1.807) is 47.6 Å². The first-order chi connectivity index (χ1) is 15.6. The molecule has 1 aromatic heterocycles. The zero-order chi connectivity index (χ0) is 22.2. The molecule has 0 bridgehead atoms. The summed E-state index contributed by atoms with van der Waals surface area (Å²) >= 11 is 0. The van der Waals surface area contributed by atoms with Gasteiger partial charge >= 0.3 is 0 Å². The zero-order valence-corrected chi connectivity index (χ0v) is 17.1. The van der Waals surface area contributed by atoms with Crippen LogP contribution in [0.3, 0.4) is 0 Å². The lowest BCUT2D eigenvalue weighted by Gasteiger charge is -2.41. The molecule has 2 atom stereocenters. The van der Waals surface area contributed by atoms with E-state index in [1.165, 1.54) is 12.1 Å². The van der Waals surface area contributed by atoms with Crippen molar-refractivity contribution in [3.05, 3.63) is 82.9 Å². The minimum atomic E-state index is -0.698. The predicted molar refractivity (Wildman–Crippen MR) is 114 cm³/mol. The third kappa shape index (κ3) is 3.52. The van der Waals surface area contributed by atoms with Crippen LogP contribution in [0.1, 0.15) is 51.8 Å². The van der Waals surface area contributed by atoms with Gasteiger partial charge in [0.25, 0.3) is 5.91 Å². The number of nitrogens with zero attached hydrogens (tertiary/aromatic N) is 3. The van der Waals surface area contributed by atoms with E-state index in [9.17, 15) is 14.0 Å². The summed E-state index contributed by atoms with van der Waals surface area (Å²) in [5.74, 6) is -1.36. The highest BCUT2D eigenvalue weighted by atomic mass is 19.1. The summed E-state index contributed by atoms with van der Waals surface area (Å²) in [6.45, 7) is 0.571. The van der Waals surface area contributed by atoms with E-state index in [-0.39, 0.29) is 17.4 Å². The maximum atomic E-state index is 13.7. The molecule has 1 saturated carbocycles. The monoisotopic (exact) mass is 429 g/mol. The Morgan fingerprint density at radius 3 is 2.81 bits per heavy atom. The number of H-pyrrole nitrogens is 1. The van der Waals surface area contributed by atoms with Crippen molar-refractivity contribution in [3.8, 4) is 6.07 Å². The smallest absolute Gasteiger partial charge is 0.254 e. The van der Waals surface area contributed by atoms with E-state index in [0.29, 0.717) is 29.3 Å². The van der Waals surface area contributed by atoms with E-state index < -0.39 is 17.8 Å². The molecule has 5 rings (SSSR count). The van der Waals surface area contributed by atoms with Crippen molar-refractivity contribution in [2.75, 3.05) is 11.9 Å². The van der Waals surface area contributed by atoms with Gasteiger partial charge in [0.2, 0.25) is 5.91 Å². The molecule has 2 amide bonds.